The molecule has 2 aromatic carbocycles. The van der Waals surface area contributed by atoms with Crippen LogP contribution in [0, 0.1) is 20.2 Å². The Morgan fingerprint density at radius 3 is 2.50 bits per heavy atom. The summed E-state index contributed by atoms with van der Waals surface area (Å²) in [6, 6.07) is 7.76. The van der Waals surface area contributed by atoms with E-state index in [1.807, 2.05) is 0 Å². The molecule has 0 radical (unpaired) electrons. The molecule has 1 aliphatic rings. The number of aliphatic imine (C=N–C) groups is 1. The molecular weight excluding hydrogens is 394 g/mol. The van der Waals surface area contributed by atoms with Crippen LogP contribution in [-0.4, -0.2) is 28.8 Å². The average molecular weight is 404 g/mol. The predicted octanol–water partition coefficient (Wildman–Crippen LogP) is 3.51. The van der Waals surface area contributed by atoms with Crippen LogP contribution in [0.2, 0.25) is 5.02 Å². The van der Waals surface area contributed by atoms with Crippen molar-refractivity contribution in [3.63, 3.8) is 0 Å². The highest BCUT2D eigenvalue weighted by molar-refractivity contribution is 6.34. The van der Waals surface area contributed by atoms with E-state index in [0.29, 0.717) is 5.56 Å². The van der Waals surface area contributed by atoms with Crippen LogP contribution in [0.1, 0.15) is 11.1 Å². The summed E-state index contributed by atoms with van der Waals surface area (Å²) in [7, 11) is 1.30. The maximum absolute atomic E-state index is 12.1. The highest BCUT2D eigenvalue weighted by Gasteiger charge is 2.27. The van der Waals surface area contributed by atoms with Gasteiger partial charge in [0.2, 0.25) is 5.90 Å². The summed E-state index contributed by atoms with van der Waals surface area (Å²) in [5.41, 5.74) is -0.0707. The number of rotatable bonds is 5. The van der Waals surface area contributed by atoms with E-state index in [-0.39, 0.29) is 39.3 Å². The molecule has 11 heteroatoms. The van der Waals surface area contributed by atoms with Crippen molar-refractivity contribution < 1.29 is 24.1 Å². The number of esters is 1. The molecule has 1 heterocycles. The monoisotopic (exact) mass is 403 g/mol. The fourth-order valence-electron chi connectivity index (χ4n) is 2.41. The van der Waals surface area contributed by atoms with E-state index in [9.17, 15) is 25.0 Å². The van der Waals surface area contributed by atoms with Gasteiger partial charge in [0.05, 0.1) is 27.5 Å². The van der Waals surface area contributed by atoms with Crippen LogP contribution in [0.3, 0.4) is 0 Å². The molecule has 0 amide bonds. The predicted molar refractivity (Wildman–Crippen MR) is 98.4 cm³/mol. The van der Waals surface area contributed by atoms with Crippen LogP contribution in [-0.2, 0) is 9.53 Å². The Morgan fingerprint density at radius 2 is 1.89 bits per heavy atom. The summed E-state index contributed by atoms with van der Waals surface area (Å²) in [4.78, 5) is 36.8. The third kappa shape index (κ3) is 3.67. The van der Waals surface area contributed by atoms with Crippen molar-refractivity contribution in [2.75, 3.05) is 7.11 Å². The lowest BCUT2D eigenvalue weighted by Gasteiger charge is -2.02. The molecule has 2 aromatic rings. The Balaban J connectivity index is 1.97. The minimum absolute atomic E-state index is 0.0120. The number of carbonyl (C=O) groups is 1. The lowest BCUT2D eigenvalue weighted by molar-refractivity contribution is -0.385. The van der Waals surface area contributed by atoms with E-state index in [1.165, 1.54) is 43.5 Å². The first-order chi connectivity index (χ1) is 13.3. The van der Waals surface area contributed by atoms with Gasteiger partial charge in [0.25, 0.3) is 5.69 Å². The number of cyclic esters (lactones) is 1. The smallest absolute Gasteiger partial charge is 0.363 e. The SMILES string of the molecule is COc1ccc(C=C2N=C(c3ccc([N+](=O)[O-])cc3Cl)OC2=O)cc1[N+](=O)[O-]. The largest absolute Gasteiger partial charge is 0.490 e. The topological polar surface area (TPSA) is 134 Å². The molecule has 0 aliphatic carbocycles. The maximum Gasteiger partial charge on any atom is 0.363 e. The Bertz CT molecular complexity index is 1080. The summed E-state index contributed by atoms with van der Waals surface area (Å²) in [6.45, 7) is 0. The number of methoxy groups -OCH3 is 1. The van der Waals surface area contributed by atoms with Crippen LogP contribution >= 0.6 is 11.6 Å². The molecule has 28 heavy (non-hydrogen) atoms. The van der Waals surface area contributed by atoms with E-state index >= 15 is 0 Å². The first-order valence-electron chi connectivity index (χ1n) is 7.59. The van der Waals surface area contributed by atoms with Gasteiger partial charge in [0, 0.05) is 18.2 Å². The van der Waals surface area contributed by atoms with Gasteiger partial charge >= 0.3 is 11.7 Å². The molecule has 0 unspecified atom stereocenters. The van der Waals surface area contributed by atoms with Crippen LogP contribution < -0.4 is 4.74 Å². The summed E-state index contributed by atoms with van der Waals surface area (Å²) >= 11 is 6.01. The Morgan fingerprint density at radius 1 is 1.14 bits per heavy atom. The number of non-ortho nitro benzene ring substituents is 1. The van der Waals surface area contributed by atoms with Crippen LogP contribution in [0.25, 0.3) is 6.08 Å². The minimum atomic E-state index is -0.789. The van der Waals surface area contributed by atoms with Crippen molar-refractivity contribution in [3.05, 3.63) is 78.5 Å². The van der Waals surface area contributed by atoms with Gasteiger partial charge in [-0.3, -0.25) is 20.2 Å². The molecule has 0 N–H and O–H groups in total. The first-order valence-corrected chi connectivity index (χ1v) is 7.97. The Hall–Kier alpha value is -3.79. The normalized spacial score (nSPS) is 14.6. The fraction of sp³-hybridized carbons (Fsp3) is 0.0588. The number of benzene rings is 2. The van der Waals surface area contributed by atoms with E-state index in [2.05, 4.69) is 4.99 Å². The van der Waals surface area contributed by atoms with Gasteiger partial charge in [-0.25, -0.2) is 9.79 Å². The molecule has 3 rings (SSSR count). The van der Waals surface area contributed by atoms with Gasteiger partial charge in [-0.05, 0) is 23.8 Å². The molecule has 142 valence electrons. The Kier molecular flexibility index (Phi) is 5.05. The summed E-state index contributed by atoms with van der Waals surface area (Å²) in [5.74, 6) is -0.843. The van der Waals surface area contributed by atoms with E-state index in [4.69, 9.17) is 21.1 Å². The van der Waals surface area contributed by atoms with E-state index < -0.39 is 15.8 Å². The average Bonchev–Trinajstić information content (AvgIpc) is 3.01. The van der Waals surface area contributed by atoms with Gasteiger partial charge in [-0.2, -0.15) is 0 Å². The summed E-state index contributed by atoms with van der Waals surface area (Å²) in [6.07, 6.45) is 1.31. The molecule has 0 bridgehead atoms. The standard InChI is InChI=1S/C17H10ClN3O7/c1-27-15-5-2-9(7-14(15)21(25)26)6-13-17(22)28-16(19-13)11-4-3-10(20(23)24)8-12(11)18/h2-8H,1H3. The molecule has 0 atom stereocenters. The molecule has 0 saturated carbocycles. The fourth-order valence-corrected chi connectivity index (χ4v) is 2.67. The van der Waals surface area contributed by atoms with Crippen molar-refractivity contribution in [2.24, 2.45) is 4.99 Å². The Labute approximate surface area is 162 Å². The number of hydrogen-bond acceptors (Lipinski definition) is 8. The number of halogens is 1. The second-order valence-corrected chi connectivity index (χ2v) is 5.85. The van der Waals surface area contributed by atoms with Gasteiger partial charge < -0.3 is 9.47 Å². The van der Waals surface area contributed by atoms with Crippen molar-refractivity contribution in [2.45, 2.75) is 0 Å². The number of nitro benzene ring substituents is 2. The molecule has 0 saturated heterocycles. The van der Waals surface area contributed by atoms with Crippen LogP contribution in [0.15, 0.2) is 47.1 Å². The van der Waals surface area contributed by atoms with Crippen molar-refractivity contribution in [1.29, 1.82) is 0 Å². The van der Waals surface area contributed by atoms with Crippen LogP contribution in [0.5, 0.6) is 5.75 Å². The highest BCUT2D eigenvalue weighted by Crippen LogP contribution is 2.30. The minimum Gasteiger partial charge on any atom is -0.490 e. The zero-order valence-corrected chi connectivity index (χ0v) is 14.9. The van der Waals surface area contributed by atoms with Gasteiger partial charge in [0.15, 0.2) is 11.4 Å². The van der Waals surface area contributed by atoms with Crippen molar-refractivity contribution in [3.8, 4) is 5.75 Å². The zero-order chi connectivity index (χ0) is 20.4. The molecular formula is C17H10ClN3O7. The number of ether oxygens (including phenoxy) is 2. The molecule has 0 aromatic heterocycles. The third-order valence-electron chi connectivity index (χ3n) is 3.72. The lowest BCUT2D eigenvalue weighted by Crippen LogP contribution is -2.06. The quantitative estimate of drug-likeness (QED) is 0.322. The van der Waals surface area contributed by atoms with E-state index in [0.717, 1.165) is 6.07 Å². The second kappa shape index (κ2) is 7.45. The third-order valence-corrected chi connectivity index (χ3v) is 4.03. The number of carbonyl (C=O) groups excluding carboxylic acids is 1. The molecule has 0 fully saturated rings. The van der Waals surface area contributed by atoms with Gasteiger partial charge in [0.1, 0.15) is 0 Å². The van der Waals surface area contributed by atoms with Gasteiger partial charge in [-0.1, -0.05) is 17.7 Å². The number of nitrogens with zero attached hydrogens (tertiary/aromatic N) is 3. The lowest BCUT2D eigenvalue weighted by atomic mass is 10.1. The van der Waals surface area contributed by atoms with Crippen molar-refractivity contribution >= 4 is 40.9 Å². The maximum atomic E-state index is 12.1. The molecule has 0 spiro atoms. The van der Waals surface area contributed by atoms with Crippen LogP contribution in [0.4, 0.5) is 11.4 Å². The van der Waals surface area contributed by atoms with Crippen molar-refractivity contribution in [1.82, 2.24) is 0 Å². The number of hydrogen-bond donors (Lipinski definition) is 0. The zero-order valence-electron chi connectivity index (χ0n) is 14.1. The summed E-state index contributed by atoms with van der Waals surface area (Å²) < 4.78 is 9.99. The molecule has 10 nitrogen and oxygen atoms in total. The van der Waals surface area contributed by atoms with E-state index in [1.54, 1.807) is 0 Å². The first kappa shape index (κ1) is 19.0. The second-order valence-electron chi connectivity index (χ2n) is 5.45. The highest BCUT2D eigenvalue weighted by atomic mass is 35.5. The number of nitro groups is 2. The summed E-state index contributed by atoms with van der Waals surface area (Å²) in [5, 5.41) is 21.9. The van der Waals surface area contributed by atoms with Gasteiger partial charge in [-0.15, -0.1) is 0 Å². The molecule has 1 aliphatic heterocycles.